The normalized spacial score (nSPS) is 50.7. The van der Waals surface area contributed by atoms with E-state index in [0.717, 1.165) is 0 Å². The fraction of sp³-hybridized carbons (Fsp3) is 1.00. The van der Waals surface area contributed by atoms with Gasteiger partial charge in [-0.3, -0.25) is 4.52 Å². The molecule has 30 heteroatoms. The molecular weight excluding hydrogens is 855 g/mol. The number of phosphoric ester groups is 1. The molecule has 0 spiro atoms. The van der Waals surface area contributed by atoms with Gasteiger partial charge >= 0.3 is 7.82 Å². The Morgan fingerprint density at radius 1 is 0.383 bits per heavy atom. The molecule has 5 fully saturated rings. The zero-order valence-electron chi connectivity index (χ0n) is 31.0. The van der Waals surface area contributed by atoms with Gasteiger partial charge in [0, 0.05) is 0 Å². The Kier molecular flexibility index (Phi) is 17.5. The van der Waals surface area contributed by atoms with E-state index in [1.54, 1.807) is 0 Å². The van der Waals surface area contributed by atoms with Gasteiger partial charge in [-0.25, -0.2) is 4.57 Å². The van der Waals surface area contributed by atoms with Crippen LogP contribution in [0.4, 0.5) is 0 Å². The standard InChI is InChI=1S/C30H53O29P/c31-1-6-11(34)16(39)20(43)27(53-6)58-24-18(41)12(35)7(2-32)54-29(24)50-4-9-15(38)23(22(45)26(46)52-9)57-30-25(19(42)13(36)8(3-33)55-30)59-28-21(44)17(40)14(37)10(56-28)5-51-60(47,48)49/h6-46H,1-5H2,(H2,47,48,49)/t6-,7-,8-,9-,10-,11-,12-,13-,14-,15-,16+,17+,18+,19+,20+,21+,22+,23+,24+,25+,26?,27-,28-,29+,30-/m1/s1. The Labute approximate surface area is 337 Å². The van der Waals surface area contributed by atoms with Gasteiger partial charge in [-0.15, -0.1) is 0 Å². The molecule has 5 heterocycles. The van der Waals surface area contributed by atoms with Crippen molar-refractivity contribution in [3.8, 4) is 0 Å². The number of aliphatic hydroxyl groups is 16. The first-order valence-corrected chi connectivity index (χ1v) is 19.9. The fourth-order valence-electron chi connectivity index (χ4n) is 7.03. The van der Waals surface area contributed by atoms with Crippen LogP contribution in [0.25, 0.3) is 0 Å². The second-order valence-corrected chi connectivity index (χ2v) is 15.8. The molecule has 29 nitrogen and oxygen atoms in total. The van der Waals surface area contributed by atoms with Gasteiger partial charge in [0.05, 0.1) is 33.0 Å². The second kappa shape index (κ2) is 21.0. The van der Waals surface area contributed by atoms with Gasteiger partial charge in [0.25, 0.3) is 0 Å². The predicted octanol–water partition coefficient (Wildman–Crippen LogP) is -11.8. The molecule has 0 saturated carbocycles. The van der Waals surface area contributed by atoms with Gasteiger partial charge in [-0.05, 0) is 0 Å². The third-order valence-electron chi connectivity index (χ3n) is 10.5. The summed E-state index contributed by atoms with van der Waals surface area (Å²) in [5.74, 6) is 0. The van der Waals surface area contributed by atoms with Gasteiger partial charge in [0.1, 0.15) is 122 Å². The topological polar surface area (TPSA) is 474 Å². The van der Waals surface area contributed by atoms with Crippen LogP contribution in [0.3, 0.4) is 0 Å². The van der Waals surface area contributed by atoms with E-state index >= 15 is 0 Å². The molecule has 0 aliphatic carbocycles. The molecule has 0 bridgehead atoms. The summed E-state index contributed by atoms with van der Waals surface area (Å²) in [7, 11) is -5.16. The molecule has 60 heavy (non-hydrogen) atoms. The monoisotopic (exact) mass is 908 g/mol. The maximum absolute atomic E-state index is 11.4. The lowest BCUT2D eigenvalue weighted by molar-refractivity contribution is -0.391. The van der Waals surface area contributed by atoms with Gasteiger partial charge in [-0.2, -0.15) is 0 Å². The summed E-state index contributed by atoms with van der Waals surface area (Å²) in [5, 5.41) is 167. The van der Waals surface area contributed by atoms with Crippen LogP contribution in [-0.4, -0.2) is 278 Å². The quantitative estimate of drug-likeness (QED) is 0.0678. The highest BCUT2D eigenvalue weighted by Crippen LogP contribution is 2.38. The minimum Gasteiger partial charge on any atom is -0.394 e. The summed E-state index contributed by atoms with van der Waals surface area (Å²) in [6.07, 6.45) is -48.8. The minimum absolute atomic E-state index is 0.863. The molecule has 5 aliphatic rings. The summed E-state index contributed by atoms with van der Waals surface area (Å²) in [6.45, 7) is -4.71. The van der Waals surface area contributed by atoms with E-state index in [4.69, 9.17) is 52.4 Å². The van der Waals surface area contributed by atoms with Crippen LogP contribution in [0.2, 0.25) is 0 Å². The molecule has 5 saturated heterocycles. The first-order chi connectivity index (χ1) is 28.1. The number of aliphatic hydroxyl groups excluding tert-OH is 16. The van der Waals surface area contributed by atoms with Crippen LogP contribution in [0.1, 0.15) is 0 Å². The van der Waals surface area contributed by atoms with E-state index in [1.807, 2.05) is 0 Å². The van der Waals surface area contributed by atoms with Crippen molar-refractivity contribution in [1.82, 2.24) is 0 Å². The van der Waals surface area contributed by atoms with Crippen molar-refractivity contribution in [2.24, 2.45) is 0 Å². The van der Waals surface area contributed by atoms with E-state index in [-0.39, 0.29) is 0 Å². The number of phosphoric acid groups is 1. The summed E-state index contributed by atoms with van der Waals surface area (Å²) < 4.78 is 65.0. The van der Waals surface area contributed by atoms with E-state index in [9.17, 15) is 86.3 Å². The molecule has 5 rings (SSSR count). The Hall–Kier alpha value is -0.890. The summed E-state index contributed by atoms with van der Waals surface area (Å²) in [6, 6.07) is 0. The molecule has 0 aromatic heterocycles. The maximum Gasteiger partial charge on any atom is 0.469 e. The minimum atomic E-state index is -5.16. The number of hydrogen-bond donors (Lipinski definition) is 18. The number of hydrogen-bond acceptors (Lipinski definition) is 27. The lowest BCUT2D eigenvalue weighted by Gasteiger charge is -2.48. The first-order valence-electron chi connectivity index (χ1n) is 18.4. The molecule has 352 valence electrons. The van der Waals surface area contributed by atoms with Gasteiger partial charge in [-0.1, -0.05) is 0 Å². The molecular formula is C30H53O29P. The zero-order valence-corrected chi connectivity index (χ0v) is 31.9. The van der Waals surface area contributed by atoms with Crippen LogP contribution < -0.4 is 0 Å². The van der Waals surface area contributed by atoms with Crippen LogP contribution in [0, 0.1) is 0 Å². The van der Waals surface area contributed by atoms with Crippen molar-refractivity contribution in [2.75, 3.05) is 33.0 Å². The van der Waals surface area contributed by atoms with E-state index in [0.29, 0.717) is 0 Å². The van der Waals surface area contributed by atoms with Gasteiger partial charge in [0.15, 0.2) is 31.5 Å². The second-order valence-electron chi connectivity index (χ2n) is 14.6. The molecule has 0 amide bonds. The van der Waals surface area contributed by atoms with E-state index in [1.165, 1.54) is 0 Å². The molecule has 25 atom stereocenters. The van der Waals surface area contributed by atoms with Crippen molar-refractivity contribution in [3.05, 3.63) is 0 Å². The Balaban J connectivity index is 1.33. The van der Waals surface area contributed by atoms with E-state index < -0.39 is 194 Å². The lowest BCUT2D eigenvalue weighted by atomic mass is 9.96. The van der Waals surface area contributed by atoms with Crippen LogP contribution in [0.15, 0.2) is 0 Å². The highest BCUT2D eigenvalue weighted by molar-refractivity contribution is 7.46. The molecule has 1 unspecified atom stereocenters. The molecule has 0 aromatic carbocycles. The van der Waals surface area contributed by atoms with Crippen molar-refractivity contribution in [2.45, 2.75) is 154 Å². The SMILES string of the molecule is O=P(O)(O)OC[C@H]1O[C@H](O[C@@H]2[C@@H](O[C@H]3[C@H](O)[C@@H](CO[C@H]4O[C@H](CO)[C@@H](O)[C@H](O)[C@@H]4O[C@H]4O[C@H](CO)[C@@H](O)[C@H](O)[C@@H]4O)OC(O)[C@H]3O)O[C@H](CO)[C@@H](O)[C@@H]2O)[C@@H](O)[C@@H](O)[C@@H]1O. The highest BCUT2D eigenvalue weighted by atomic mass is 31.2. The fourth-order valence-corrected chi connectivity index (χ4v) is 7.37. The van der Waals surface area contributed by atoms with Gasteiger partial charge in [0.2, 0.25) is 0 Å². The molecule has 0 radical (unpaired) electrons. The number of ether oxygens (including phenoxy) is 9. The van der Waals surface area contributed by atoms with Crippen molar-refractivity contribution < 1.29 is 143 Å². The summed E-state index contributed by atoms with van der Waals surface area (Å²) in [5.41, 5.74) is 0. The zero-order chi connectivity index (χ0) is 44.5. The van der Waals surface area contributed by atoms with E-state index in [2.05, 4.69) is 4.52 Å². The molecule has 0 aromatic rings. The third kappa shape index (κ3) is 11.0. The summed E-state index contributed by atoms with van der Waals surface area (Å²) in [4.78, 5) is 18.1. The molecule has 5 aliphatic heterocycles. The lowest BCUT2D eigenvalue weighted by Crippen LogP contribution is -2.67. The predicted molar refractivity (Wildman–Crippen MR) is 177 cm³/mol. The third-order valence-corrected chi connectivity index (χ3v) is 11.0. The first kappa shape index (κ1) is 50.1. The van der Waals surface area contributed by atoms with Crippen LogP contribution in [0.5, 0.6) is 0 Å². The Bertz CT molecular complexity index is 1380. The summed E-state index contributed by atoms with van der Waals surface area (Å²) >= 11 is 0. The average Bonchev–Trinajstić information content (AvgIpc) is 3.21. The van der Waals surface area contributed by atoms with Crippen LogP contribution in [-0.2, 0) is 51.7 Å². The maximum atomic E-state index is 11.4. The molecule has 18 N–H and O–H groups in total. The van der Waals surface area contributed by atoms with Crippen LogP contribution >= 0.6 is 7.82 Å². The Morgan fingerprint density at radius 2 is 0.767 bits per heavy atom. The Morgan fingerprint density at radius 3 is 1.25 bits per heavy atom. The van der Waals surface area contributed by atoms with Gasteiger partial charge < -0.3 is 134 Å². The average molecular weight is 909 g/mol. The largest absolute Gasteiger partial charge is 0.469 e. The van der Waals surface area contributed by atoms with Crippen molar-refractivity contribution >= 4 is 7.82 Å². The highest BCUT2D eigenvalue weighted by Gasteiger charge is 2.55. The smallest absolute Gasteiger partial charge is 0.394 e. The van der Waals surface area contributed by atoms with Crippen molar-refractivity contribution in [3.63, 3.8) is 0 Å². The van der Waals surface area contributed by atoms with Crippen molar-refractivity contribution in [1.29, 1.82) is 0 Å². The number of rotatable bonds is 15.